The first-order chi connectivity index (χ1) is 6.49. The van der Waals surface area contributed by atoms with Crippen molar-refractivity contribution in [3.8, 4) is 5.75 Å². The summed E-state index contributed by atoms with van der Waals surface area (Å²) in [5.41, 5.74) is 0.849. The smallest absolute Gasteiger partial charge is 0.270 e. The van der Waals surface area contributed by atoms with Gasteiger partial charge in [-0.3, -0.25) is 0 Å². The maximum absolute atomic E-state index is 13.0. The van der Waals surface area contributed by atoms with Crippen LogP contribution in [0.25, 0.3) is 0 Å². The van der Waals surface area contributed by atoms with Crippen molar-refractivity contribution < 1.29 is 13.5 Å². The summed E-state index contributed by atoms with van der Waals surface area (Å²) in [6.07, 6.45) is 0.688. The van der Waals surface area contributed by atoms with Crippen molar-refractivity contribution in [1.82, 2.24) is 0 Å². The van der Waals surface area contributed by atoms with E-state index < -0.39 is 5.92 Å². The Morgan fingerprint density at radius 2 is 2.00 bits per heavy atom. The van der Waals surface area contributed by atoms with Gasteiger partial charge < -0.3 is 4.74 Å². The summed E-state index contributed by atoms with van der Waals surface area (Å²) in [6, 6.07) is 4.49. The SMILES string of the molecule is CCc1cc(C(C)(F)F)ccc1OC. The maximum atomic E-state index is 13.0. The molecule has 0 aliphatic rings. The molecule has 78 valence electrons. The number of aryl methyl sites for hydroxylation is 1. The summed E-state index contributed by atoms with van der Waals surface area (Å²) in [7, 11) is 1.54. The highest BCUT2D eigenvalue weighted by molar-refractivity contribution is 5.38. The lowest BCUT2D eigenvalue weighted by molar-refractivity contribution is 0.0173. The van der Waals surface area contributed by atoms with Crippen LogP contribution in [-0.4, -0.2) is 7.11 Å². The molecule has 0 amide bonds. The fourth-order valence-electron chi connectivity index (χ4n) is 1.33. The van der Waals surface area contributed by atoms with Gasteiger partial charge in [0.15, 0.2) is 0 Å². The van der Waals surface area contributed by atoms with Crippen LogP contribution in [0, 0.1) is 0 Å². The van der Waals surface area contributed by atoms with E-state index in [1.54, 1.807) is 6.07 Å². The molecule has 0 unspecified atom stereocenters. The van der Waals surface area contributed by atoms with Crippen LogP contribution in [-0.2, 0) is 12.3 Å². The van der Waals surface area contributed by atoms with E-state index >= 15 is 0 Å². The van der Waals surface area contributed by atoms with Crippen LogP contribution in [0.4, 0.5) is 8.78 Å². The standard InChI is InChI=1S/C11H14F2O/c1-4-8-7-9(11(2,12)13)5-6-10(8)14-3/h5-7H,4H2,1-3H3. The number of ether oxygens (including phenoxy) is 1. The van der Waals surface area contributed by atoms with E-state index in [2.05, 4.69) is 0 Å². The molecule has 0 N–H and O–H groups in total. The number of rotatable bonds is 3. The van der Waals surface area contributed by atoms with E-state index in [1.165, 1.54) is 19.2 Å². The van der Waals surface area contributed by atoms with Crippen molar-refractivity contribution in [1.29, 1.82) is 0 Å². The highest BCUT2D eigenvalue weighted by Crippen LogP contribution is 2.30. The average Bonchev–Trinajstić information content (AvgIpc) is 2.15. The van der Waals surface area contributed by atoms with Gasteiger partial charge in [0, 0.05) is 12.5 Å². The van der Waals surface area contributed by atoms with E-state index in [4.69, 9.17) is 4.74 Å². The molecule has 0 saturated carbocycles. The largest absolute Gasteiger partial charge is 0.496 e. The molecular formula is C11H14F2O. The van der Waals surface area contributed by atoms with Crippen molar-refractivity contribution in [3.05, 3.63) is 29.3 Å². The molecule has 1 aromatic carbocycles. The monoisotopic (exact) mass is 200 g/mol. The van der Waals surface area contributed by atoms with Gasteiger partial charge in [-0.15, -0.1) is 0 Å². The Morgan fingerprint density at radius 1 is 1.36 bits per heavy atom. The van der Waals surface area contributed by atoms with Crippen LogP contribution in [0.2, 0.25) is 0 Å². The predicted octanol–water partition coefficient (Wildman–Crippen LogP) is 3.37. The quantitative estimate of drug-likeness (QED) is 0.726. The minimum absolute atomic E-state index is 0.0372. The summed E-state index contributed by atoms with van der Waals surface area (Å²) in [4.78, 5) is 0. The fraction of sp³-hybridized carbons (Fsp3) is 0.455. The number of halogens is 2. The van der Waals surface area contributed by atoms with Crippen LogP contribution in [0.3, 0.4) is 0 Å². The molecule has 0 heterocycles. The predicted molar refractivity (Wildman–Crippen MR) is 51.9 cm³/mol. The van der Waals surface area contributed by atoms with Crippen molar-refractivity contribution in [3.63, 3.8) is 0 Å². The molecule has 1 nitrogen and oxygen atoms in total. The van der Waals surface area contributed by atoms with Gasteiger partial charge in [0.1, 0.15) is 5.75 Å². The summed E-state index contributed by atoms with van der Waals surface area (Å²) < 4.78 is 31.0. The number of methoxy groups -OCH3 is 1. The molecule has 0 atom stereocenters. The van der Waals surface area contributed by atoms with Gasteiger partial charge in [0.05, 0.1) is 7.11 Å². The van der Waals surface area contributed by atoms with Gasteiger partial charge in [-0.1, -0.05) is 6.92 Å². The zero-order valence-corrected chi connectivity index (χ0v) is 8.60. The molecular weight excluding hydrogens is 186 g/mol. The third-order valence-electron chi connectivity index (χ3n) is 2.17. The second kappa shape index (κ2) is 3.95. The normalized spacial score (nSPS) is 11.5. The molecule has 1 aromatic rings. The van der Waals surface area contributed by atoms with Crippen LogP contribution in [0.15, 0.2) is 18.2 Å². The van der Waals surface area contributed by atoms with Crippen LogP contribution >= 0.6 is 0 Å². The Labute approximate surface area is 82.7 Å². The number of hydrogen-bond donors (Lipinski definition) is 0. The topological polar surface area (TPSA) is 9.23 Å². The van der Waals surface area contributed by atoms with Gasteiger partial charge in [-0.25, -0.2) is 8.78 Å². The van der Waals surface area contributed by atoms with E-state index in [0.717, 1.165) is 12.5 Å². The molecule has 0 aliphatic heterocycles. The molecule has 0 radical (unpaired) electrons. The van der Waals surface area contributed by atoms with Gasteiger partial charge in [-0.2, -0.15) is 0 Å². The Kier molecular flexibility index (Phi) is 3.09. The van der Waals surface area contributed by atoms with Gasteiger partial charge in [-0.05, 0) is 30.2 Å². The average molecular weight is 200 g/mol. The molecule has 0 saturated heterocycles. The first kappa shape index (κ1) is 11.0. The highest BCUT2D eigenvalue weighted by atomic mass is 19.3. The third-order valence-corrected chi connectivity index (χ3v) is 2.17. The maximum Gasteiger partial charge on any atom is 0.270 e. The second-order valence-corrected chi connectivity index (χ2v) is 3.27. The minimum Gasteiger partial charge on any atom is -0.496 e. The van der Waals surface area contributed by atoms with Crippen molar-refractivity contribution in [2.75, 3.05) is 7.11 Å². The van der Waals surface area contributed by atoms with Crippen LogP contribution in [0.1, 0.15) is 25.0 Å². The van der Waals surface area contributed by atoms with Crippen LogP contribution < -0.4 is 4.74 Å². The van der Waals surface area contributed by atoms with Gasteiger partial charge >= 0.3 is 0 Å². The molecule has 1 rings (SSSR count). The number of benzene rings is 1. The molecule has 3 heteroatoms. The number of alkyl halides is 2. The number of hydrogen-bond acceptors (Lipinski definition) is 1. The summed E-state index contributed by atoms with van der Waals surface area (Å²) in [5, 5.41) is 0. The Bertz CT molecular complexity index is 316. The van der Waals surface area contributed by atoms with E-state index in [9.17, 15) is 8.78 Å². The fourth-order valence-corrected chi connectivity index (χ4v) is 1.33. The zero-order chi connectivity index (χ0) is 10.8. The first-order valence-electron chi connectivity index (χ1n) is 4.54. The molecule has 0 spiro atoms. The Hall–Kier alpha value is -1.12. The lowest BCUT2D eigenvalue weighted by Crippen LogP contribution is -2.07. The highest BCUT2D eigenvalue weighted by Gasteiger charge is 2.24. The molecule has 0 aliphatic carbocycles. The Morgan fingerprint density at radius 3 is 2.43 bits per heavy atom. The van der Waals surface area contributed by atoms with E-state index in [0.29, 0.717) is 12.2 Å². The van der Waals surface area contributed by atoms with Gasteiger partial charge in [0.25, 0.3) is 5.92 Å². The lowest BCUT2D eigenvalue weighted by Gasteiger charge is -2.13. The van der Waals surface area contributed by atoms with Crippen molar-refractivity contribution in [2.24, 2.45) is 0 Å². The molecule has 0 bridgehead atoms. The Balaban J connectivity index is 3.14. The van der Waals surface area contributed by atoms with Crippen LogP contribution in [0.5, 0.6) is 5.75 Å². The van der Waals surface area contributed by atoms with Crippen molar-refractivity contribution >= 4 is 0 Å². The zero-order valence-electron chi connectivity index (χ0n) is 8.60. The first-order valence-corrected chi connectivity index (χ1v) is 4.54. The summed E-state index contributed by atoms with van der Waals surface area (Å²) >= 11 is 0. The van der Waals surface area contributed by atoms with Crippen molar-refractivity contribution in [2.45, 2.75) is 26.2 Å². The molecule has 14 heavy (non-hydrogen) atoms. The minimum atomic E-state index is -2.78. The second-order valence-electron chi connectivity index (χ2n) is 3.27. The van der Waals surface area contributed by atoms with Gasteiger partial charge in [0.2, 0.25) is 0 Å². The molecule has 0 fully saturated rings. The lowest BCUT2D eigenvalue weighted by atomic mass is 10.0. The van der Waals surface area contributed by atoms with E-state index in [-0.39, 0.29) is 5.56 Å². The summed E-state index contributed by atoms with van der Waals surface area (Å²) in [6.45, 7) is 2.81. The summed E-state index contributed by atoms with van der Waals surface area (Å²) in [5.74, 6) is -2.11. The molecule has 0 aromatic heterocycles. The van der Waals surface area contributed by atoms with E-state index in [1.807, 2.05) is 6.92 Å². The third kappa shape index (κ3) is 2.22.